The van der Waals surface area contributed by atoms with Gasteiger partial charge in [-0.05, 0) is 48.8 Å². The lowest BCUT2D eigenvalue weighted by Gasteiger charge is -2.28. The molecule has 2 unspecified atom stereocenters. The summed E-state index contributed by atoms with van der Waals surface area (Å²) in [5.74, 6) is 0.110. The summed E-state index contributed by atoms with van der Waals surface area (Å²) < 4.78 is 5.32. The molecule has 128 valence electrons. The van der Waals surface area contributed by atoms with Gasteiger partial charge in [-0.2, -0.15) is 0 Å². The van der Waals surface area contributed by atoms with Crippen LogP contribution in [0, 0.1) is 5.92 Å². The highest BCUT2D eigenvalue weighted by molar-refractivity contribution is 6.42. The van der Waals surface area contributed by atoms with E-state index in [9.17, 15) is 4.79 Å². The van der Waals surface area contributed by atoms with Gasteiger partial charge in [0.2, 0.25) is 5.91 Å². The highest BCUT2D eigenvalue weighted by Crippen LogP contribution is 2.39. The fourth-order valence-electron chi connectivity index (χ4n) is 3.34. The van der Waals surface area contributed by atoms with Crippen LogP contribution in [0.15, 0.2) is 12.1 Å². The summed E-state index contributed by atoms with van der Waals surface area (Å²) >= 11 is 12.3. The summed E-state index contributed by atoms with van der Waals surface area (Å²) in [4.78, 5) is 12.4. The normalized spacial score (nSPS) is 22.1. The van der Waals surface area contributed by atoms with Crippen LogP contribution < -0.4 is 11.1 Å². The molecule has 3 rings (SSSR count). The van der Waals surface area contributed by atoms with Gasteiger partial charge in [-0.15, -0.1) is 12.4 Å². The Hall–Kier alpha value is -0.520. The van der Waals surface area contributed by atoms with Gasteiger partial charge >= 0.3 is 0 Å². The first-order valence-corrected chi connectivity index (χ1v) is 8.44. The molecule has 1 heterocycles. The van der Waals surface area contributed by atoms with Crippen LogP contribution in [0.3, 0.4) is 0 Å². The fraction of sp³-hybridized carbons (Fsp3) is 0.562. The number of hydrogen-bond acceptors (Lipinski definition) is 3. The van der Waals surface area contributed by atoms with Gasteiger partial charge in [-0.1, -0.05) is 29.3 Å². The molecule has 4 nitrogen and oxygen atoms in total. The van der Waals surface area contributed by atoms with Crippen LogP contribution in [-0.4, -0.2) is 25.2 Å². The second-order valence-corrected chi connectivity index (χ2v) is 6.79. The molecule has 0 radical (unpaired) electrons. The van der Waals surface area contributed by atoms with E-state index in [0.717, 1.165) is 36.8 Å². The maximum absolute atomic E-state index is 12.4. The number of hydrogen-bond donors (Lipinski definition) is 2. The van der Waals surface area contributed by atoms with Crippen molar-refractivity contribution in [3.05, 3.63) is 33.3 Å². The second-order valence-electron chi connectivity index (χ2n) is 6.00. The molecule has 1 fully saturated rings. The quantitative estimate of drug-likeness (QED) is 0.847. The first-order valence-electron chi connectivity index (χ1n) is 7.68. The van der Waals surface area contributed by atoms with Crippen molar-refractivity contribution in [1.29, 1.82) is 0 Å². The van der Waals surface area contributed by atoms with E-state index in [1.807, 2.05) is 6.07 Å². The Balaban J connectivity index is 0.00000192. The van der Waals surface area contributed by atoms with Crippen molar-refractivity contribution in [3.8, 4) is 0 Å². The molecule has 0 aromatic heterocycles. The van der Waals surface area contributed by atoms with E-state index in [4.69, 9.17) is 33.7 Å². The van der Waals surface area contributed by atoms with Crippen molar-refractivity contribution in [2.45, 2.75) is 37.8 Å². The summed E-state index contributed by atoms with van der Waals surface area (Å²) in [6, 6.07) is 3.23. The molecule has 1 saturated heterocycles. The van der Waals surface area contributed by atoms with Crippen LogP contribution in [0.2, 0.25) is 10.0 Å². The van der Waals surface area contributed by atoms with Crippen LogP contribution in [-0.2, 0) is 16.0 Å². The largest absolute Gasteiger partial charge is 0.381 e. The zero-order valence-electron chi connectivity index (χ0n) is 12.7. The van der Waals surface area contributed by atoms with Crippen LogP contribution in [0.25, 0.3) is 0 Å². The Kier molecular flexibility index (Phi) is 6.57. The lowest BCUT2D eigenvalue weighted by atomic mass is 9.91. The first kappa shape index (κ1) is 18.8. The number of rotatable bonds is 3. The Labute approximate surface area is 152 Å². The molecule has 1 aromatic carbocycles. The molecule has 2 atom stereocenters. The number of carbonyl (C=O) groups is 1. The molecule has 23 heavy (non-hydrogen) atoms. The zero-order valence-corrected chi connectivity index (χ0v) is 15.0. The number of ether oxygens (including phenoxy) is 1. The Morgan fingerprint density at radius 1 is 1.26 bits per heavy atom. The van der Waals surface area contributed by atoms with E-state index >= 15 is 0 Å². The second kappa shape index (κ2) is 8.04. The molecule has 3 N–H and O–H groups in total. The average molecular weight is 380 g/mol. The van der Waals surface area contributed by atoms with Gasteiger partial charge in [0, 0.05) is 13.2 Å². The summed E-state index contributed by atoms with van der Waals surface area (Å²) in [6.45, 7) is 1.37. The average Bonchev–Trinajstić information content (AvgIpc) is 2.94. The van der Waals surface area contributed by atoms with Gasteiger partial charge in [-0.3, -0.25) is 4.79 Å². The van der Waals surface area contributed by atoms with E-state index in [1.54, 1.807) is 6.07 Å². The van der Waals surface area contributed by atoms with Gasteiger partial charge in [0.15, 0.2) is 0 Å². The molecule has 1 aliphatic heterocycles. The van der Waals surface area contributed by atoms with Gasteiger partial charge in [0.05, 0.1) is 22.1 Å². The lowest BCUT2D eigenvalue weighted by Crippen LogP contribution is -2.47. The van der Waals surface area contributed by atoms with Gasteiger partial charge in [0.1, 0.15) is 0 Å². The standard InChI is InChI=1S/C16H20Cl2N2O2.ClH/c17-12-3-1-10-11(14(12)18)2-4-13(10)20-16(21)15(19)9-5-7-22-8-6-9;/h1,3,9,13,15H,2,4-8,19H2,(H,20,21);1H. The van der Waals surface area contributed by atoms with E-state index in [1.165, 1.54) is 0 Å². The summed E-state index contributed by atoms with van der Waals surface area (Å²) in [5, 5.41) is 4.24. The van der Waals surface area contributed by atoms with Crippen LogP contribution in [0.4, 0.5) is 0 Å². The number of benzene rings is 1. The third-order valence-electron chi connectivity index (χ3n) is 4.68. The van der Waals surface area contributed by atoms with Crippen molar-refractivity contribution >= 4 is 41.5 Å². The molecule has 2 aliphatic rings. The first-order chi connectivity index (χ1) is 10.6. The predicted molar refractivity (Wildman–Crippen MR) is 94.4 cm³/mol. The van der Waals surface area contributed by atoms with Crippen molar-refractivity contribution < 1.29 is 9.53 Å². The van der Waals surface area contributed by atoms with E-state index in [2.05, 4.69) is 5.32 Å². The molecule has 0 bridgehead atoms. The van der Waals surface area contributed by atoms with E-state index in [-0.39, 0.29) is 30.3 Å². The number of fused-ring (bicyclic) bond motifs is 1. The van der Waals surface area contributed by atoms with Crippen LogP contribution >= 0.6 is 35.6 Å². The van der Waals surface area contributed by atoms with Gasteiger partial charge < -0.3 is 15.8 Å². The summed E-state index contributed by atoms with van der Waals surface area (Å²) in [5.41, 5.74) is 8.23. The predicted octanol–water partition coefficient (Wildman–Crippen LogP) is 3.27. The number of amides is 1. The molecule has 1 aliphatic carbocycles. The van der Waals surface area contributed by atoms with E-state index < -0.39 is 6.04 Å². The minimum Gasteiger partial charge on any atom is -0.381 e. The highest BCUT2D eigenvalue weighted by Gasteiger charge is 2.31. The molecule has 1 amide bonds. The van der Waals surface area contributed by atoms with E-state index in [0.29, 0.717) is 23.3 Å². The van der Waals surface area contributed by atoms with Crippen LogP contribution in [0.1, 0.15) is 36.4 Å². The smallest absolute Gasteiger partial charge is 0.237 e. The van der Waals surface area contributed by atoms with Crippen LogP contribution in [0.5, 0.6) is 0 Å². The molecular weight excluding hydrogens is 359 g/mol. The topological polar surface area (TPSA) is 64.4 Å². The van der Waals surface area contributed by atoms with Crippen molar-refractivity contribution in [1.82, 2.24) is 5.32 Å². The number of nitrogens with two attached hydrogens (primary N) is 1. The van der Waals surface area contributed by atoms with Crippen molar-refractivity contribution in [3.63, 3.8) is 0 Å². The molecule has 0 saturated carbocycles. The van der Waals surface area contributed by atoms with Gasteiger partial charge in [-0.25, -0.2) is 0 Å². The molecule has 7 heteroatoms. The zero-order chi connectivity index (χ0) is 15.7. The van der Waals surface area contributed by atoms with Gasteiger partial charge in [0.25, 0.3) is 0 Å². The Morgan fingerprint density at radius 2 is 1.96 bits per heavy atom. The Bertz CT molecular complexity index is 577. The Morgan fingerprint density at radius 3 is 2.65 bits per heavy atom. The minimum absolute atomic E-state index is 0. The number of halogens is 3. The number of carbonyl (C=O) groups excluding carboxylic acids is 1. The summed E-state index contributed by atoms with van der Waals surface area (Å²) in [6.07, 6.45) is 3.35. The monoisotopic (exact) mass is 378 g/mol. The third-order valence-corrected chi connectivity index (χ3v) is 5.53. The SMILES string of the molecule is Cl.NC(C(=O)NC1CCc2c1ccc(Cl)c2Cl)C1CCOCC1. The highest BCUT2D eigenvalue weighted by atomic mass is 35.5. The van der Waals surface area contributed by atoms with Crippen molar-refractivity contribution in [2.24, 2.45) is 11.7 Å². The number of nitrogens with one attached hydrogen (secondary N) is 1. The minimum atomic E-state index is -0.476. The molecule has 0 spiro atoms. The fourth-order valence-corrected chi connectivity index (χ4v) is 3.78. The molecule has 1 aromatic rings. The molecular formula is C16H21Cl3N2O2. The maximum atomic E-state index is 12.4. The van der Waals surface area contributed by atoms with Crippen molar-refractivity contribution in [2.75, 3.05) is 13.2 Å². The maximum Gasteiger partial charge on any atom is 0.237 e. The lowest BCUT2D eigenvalue weighted by molar-refractivity contribution is -0.125. The third kappa shape index (κ3) is 3.94. The summed E-state index contributed by atoms with van der Waals surface area (Å²) in [7, 11) is 0.